The van der Waals surface area contributed by atoms with Gasteiger partial charge in [-0.25, -0.2) is 18.4 Å². The number of rotatable bonds is 6. The van der Waals surface area contributed by atoms with E-state index < -0.39 is 10.0 Å². The lowest BCUT2D eigenvalue weighted by molar-refractivity contribution is -0.116. The average Bonchev–Trinajstić information content (AvgIpc) is 2.98. The largest absolute Gasteiger partial charge is 0.295 e. The molecule has 7 nitrogen and oxygen atoms in total. The van der Waals surface area contributed by atoms with E-state index >= 15 is 0 Å². The number of nitrogens with one attached hydrogen (secondary N) is 1. The molecular formula is C19H24N4O3S. The van der Waals surface area contributed by atoms with Gasteiger partial charge in [0.2, 0.25) is 21.9 Å². The SMILES string of the molecule is O=C(CCc1ccc(S(=O)(=O)N2CCCCCC2)cc1)Nc1ncccn1. The number of anilines is 1. The number of nitrogens with zero attached hydrogens (tertiary/aromatic N) is 3. The van der Waals surface area contributed by atoms with Crippen molar-refractivity contribution < 1.29 is 13.2 Å². The molecule has 1 aliphatic rings. The normalized spacial score (nSPS) is 15.9. The van der Waals surface area contributed by atoms with Crippen LogP contribution < -0.4 is 5.32 Å². The van der Waals surface area contributed by atoms with Crippen LogP contribution in [0.2, 0.25) is 0 Å². The maximum atomic E-state index is 12.8. The van der Waals surface area contributed by atoms with E-state index in [1.807, 2.05) is 0 Å². The predicted octanol–water partition coefficient (Wildman–Crippen LogP) is 2.61. The van der Waals surface area contributed by atoms with Crippen LogP contribution in [0.25, 0.3) is 0 Å². The van der Waals surface area contributed by atoms with Crippen LogP contribution in [0, 0.1) is 0 Å². The molecule has 8 heteroatoms. The Kier molecular flexibility index (Phi) is 6.52. The minimum absolute atomic E-state index is 0.178. The maximum Gasteiger partial charge on any atom is 0.243 e. The molecule has 144 valence electrons. The van der Waals surface area contributed by atoms with Crippen LogP contribution in [0.15, 0.2) is 47.6 Å². The topological polar surface area (TPSA) is 92.3 Å². The molecule has 0 spiro atoms. The number of hydrogen-bond acceptors (Lipinski definition) is 5. The predicted molar refractivity (Wildman–Crippen MR) is 103 cm³/mol. The van der Waals surface area contributed by atoms with Crippen molar-refractivity contribution in [2.24, 2.45) is 0 Å². The Morgan fingerprint density at radius 2 is 1.63 bits per heavy atom. The highest BCUT2D eigenvalue weighted by molar-refractivity contribution is 7.89. The molecule has 0 radical (unpaired) electrons. The van der Waals surface area contributed by atoms with Gasteiger partial charge in [-0.3, -0.25) is 10.1 Å². The third kappa shape index (κ3) is 5.33. The number of carbonyl (C=O) groups excluding carboxylic acids is 1. The second kappa shape index (κ2) is 9.05. The van der Waals surface area contributed by atoms with E-state index in [-0.39, 0.29) is 18.3 Å². The minimum atomic E-state index is -3.44. The van der Waals surface area contributed by atoms with Crippen molar-refractivity contribution >= 4 is 21.9 Å². The van der Waals surface area contributed by atoms with Crippen molar-refractivity contribution in [1.29, 1.82) is 0 Å². The average molecular weight is 388 g/mol. The second-order valence-corrected chi connectivity index (χ2v) is 8.52. The third-order valence-electron chi connectivity index (χ3n) is 4.58. The molecule has 0 bridgehead atoms. The van der Waals surface area contributed by atoms with Crippen LogP contribution in [0.3, 0.4) is 0 Å². The maximum absolute atomic E-state index is 12.8. The Balaban J connectivity index is 1.57. The Labute approximate surface area is 159 Å². The van der Waals surface area contributed by atoms with E-state index in [2.05, 4.69) is 15.3 Å². The summed E-state index contributed by atoms with van der Waals surface area (Å²) in [5, 5.41) is 2.63. The first kappa shape index (κ1) is 19.4. The number of aromatic nitrogens is 2. The van der Waals surface area contributed by atoms with Crippen molar-refractivity contribution in [3.8, 4) is 0 Å². The van der Waals surface area contributed by atoms with Gasteiger partial charge in [-0.15, -0.1) is 0 Å². The molecule has 1 fully saturated rings. The summed E-state index contributed by atoms with van der Waals surface area (Å²) in [5.41, 5.74) is 0.911. The van der Waals surface area contributed by atoms with E-state index in [1.54, 1.807) is 47.0 Å². The van der Waals surface area contributed by atoms with Crippen LogP contribution in [-0.2, 0) is 21.2 Å². The van der Waals surface area contributed by atoms with Crippen molar-refractivity contribution in [2.75, 3.05) is 18.4 Å². The van der Waals surface area contributed by atoms with E-state index in [9.17, 15) is 13.2 Å². The monoisotopic (exact) mass is 388 g/mol. The smallest absolute Gasteiger partial charge is 0.243 e. The zero-order chi connectivity index (χ0) is 19.1. The summed E-state index contributed by atoms with van der Waals surface area (Å²) in [7, 11) is -3.44. The lowest BCUT2D eigenvalue weighted by Crippen LogP contribution is -2.31. The molecule has 1 saturated heterocycles. The molecule has 1 aromatic heterocycles. The zero-order valence-corrected chi connectivity index (χ0v) is 16.0. The molecule has 3 rings (SSSR count). The number of sulfonamides is 1. The molecule has 0 aliphatic carbocycles. The number of carbonyl (C=O) groups is 1. The summed E-state index contributed by atoms with van der Waals surface area (Å²) < 4.78 is 27.1. The molecule has 1 aromatic carbocycles. The van der Waals surface area contributed by atoms with Crippen LogP contribution in [-0.4, -0.2) is 41.7 Å². The number of aryl methyl sites for hydroxylation is 1. The summed E-state index contributed by atoms with van der Waals surface area (Å²) >= 11 is 0. The first-order valence-electron chi connectivity index (χ1n) is 9.22. The molecule has 1 aliphatic heterocycles. The molecule has 1 amide bonds. The van der Waals surface area contributed by atoms with Gasteiger partial charge in [-0.1, -0.05) is 25.0 Å². The molecule has 1 N–H and O–H groups in total. The van der Waals surface area contributed by atoms with Crippen LogP contribution in [0.5, 0.6) is 0 Å². The Morgan fingerprint density at radius 1 is 1.00 bits per heavy atom. The van der Waals surface area contributed by atoms with Gasteiger partial charge in [0.1, 0.15) is 0 Å². The van der Waals surface area contributed by atoms with Gasteiger partial charge in [0.05, 0.1) is 4.90 Å². The van der Waals surface area contributed by atoms with E-state index in [0.29, 0.717) is 24.4 Å². The summed E-state index contributed by atoms with van der Waals surface area (Å²) in [4.78, 5) is 20.2. The fourth-order valence-electron chi connectivity index (χ4n) is 3.07. The highest BCUT2D eigenvalue weighted by Crippen LogP contribution is 2.21. The van der Waals surface area contributed by atoms with Crippen molar-refractivity contribution in [3.05, 3.63) is 48.3 Å². The van der Waals surface area contributed by atoms with Crippen molar-refractivity contribution in [1.82, 2.24) is 14.3 Å². The molecule has 2 aromatic rings. The number of hydrogen-bond donors (Lipinski definition) is 1. The molecule has 0 atom stereocenters. The van der Waals surface area contributed by atoms with Crippen LogP contribution in [0.4, 0.5) is 5.95 Å². The minimum Gasteiger partial charge on any atom is -0.295 e. The van der Waals surface area contributed by atoms with Crippen molar-refractivity contribution in [3.63, 3.8) is 0 Å². The summed E-state index contributed by atoms with van der Waals surface area (Å²) in [6.07, 6.45) is 7.91. The van der Waals surface area contributed by atoms with Gasteiger partial charge in [0, 0.05) is 31.9 Å². The lowest BCUT2D eigenvalue weighted by Gasteiger charge is -2.20. The quantitative estimate of drug-likeness (QED) is 0.821. The Morgan fingerprint density at radius 3 is 2.26 bits per heavy atom. The third-order valence-corrected chi connectivity index (χ3v) is 6.50. The molecule has 2 heterocycles. The van der Waals surface area contributed by atoms with Crippen LogP contribution in [0.1, 0.15) is 37.7 Å². The molecular weight excluding hydrogens is 364 g/mol. The van der Waals surface area contributed by atoms with Gasteiger partial charge in [0.15, 0.2) is 0 Å². The highest BCUT2D eigenvalue weighted by Gasteiger charge is 2.24. The molecule has 0 saturated carbocycles. The summed E-state index contributed by atoms with van der Waals surface area (Å²) in [5.74, 6) is 0.101. The fourth-order valence-corrected chi connectivity index (χ4v) is 4.58. The zero-order valence-electron chi connectivity index (χ0n) is 15.2. The number of benzene rings is 1. The van der Waals surface area contributed by atoms with Crippen molar-refractivity contribution in [2.45, 2.75) is 43.4 Å². The number of amides is 1. The lowest BCUT2D eigenvalue weighted by atomic mass is 10.1. The Hall–Kier alpha value is -2.32. The standard InChI is InChI=1S/C19H24N4O3S/c24-18(22-19-20-12-5-13-21-19)11-8-16-6-9-17(10-7-16)27(25,26)23-14-3-1-2-4-15-23/h5-7,9-10,12-13H,1-4,8,11,14-15H2,(H,20,21,22,24). The second-order valence-electron chi connectivity index (χ2n) is 6.58. The van der Waals surface area contributed by atoms with Gasteiger partial charge < -0.3 is 0 Å². The highest BCUT2D eigenvalue weighted by atomic mass is 32.2. The van der Waals surface area contributed by atoms with Gasteiger partial charge in [0.25, 0.3) is 0 Å². The molecule has 27 heavy (non-hydrogen) atoms. The summed E-state index contributed by atoms with van der Waals surface area (Å²) in [6.45, 7) is 1.18. The fraction of sp³-hybridized carbons (Fsp3) is 0.421. The van der Waals surface area contributed by atoms with Gasteiger partial charge in [-0.2, -0.15) is 4.31 Å². The van der Waals surface area contributed by atoms with Gasteiger partial charge >= 0.3 is 0 Å². The van der Waals surface area contributed by atoms with E-state index in [4.69, 9.17) is 0 Å². The Bertz CT molecular complexity index is 846. The summed E-state index contributed by atoms with van der Waals surface area (Å²) in [6, 6.07) is 8.49. The van der Waals surface area contributed by atoms with E-state index in [1.165, 1.54) is 0 Å². The van der Waals surface area contributed by atoms with Gasteiger partial charge in [-0.05, 0) is 43.0 Å². The molecule has 0 unspecified atom stereocenters. The van der Waals surface area contributed by atoms with Crippen LogP contribution >= 0.6 is 0 Å². The first-order valence-corrected chi connectivity index (χ1v) is 10.7. The van der Waals surface area contributed by atoms with E-state index in [0.717, 1.165) is 31.2 Å². The first-order chi connectivity index (χ1) is 13.1.